The summed E-state index contributed by atoms with van der Waals surface area (Å²) in [6, 6.07) is 11.4. The van der Waals surface area contributed by atoms with Gasteiger partial charge in [-0.2, -0.15) is 0 Å². The van der Waals surface area contributed by atoms with Crippen molar-refractivity contribution in [2.75, 3.05) is 13.6 Å². The fraction of sp³-hybridized carbons (Fsp3) is 0.263. The van der Waals surface area contributed by atoms with E-state index >= 15 is 0 Å². The first kappa shape index (κ1) is 15.1. The van der Waals surface area contributed by atoms with E-state index < -0.39 is 5.60 Å². The van der Waals surface area contributed by atoms with Crippen molar-refractivity contribution in [2.45, 2.75) is 19.4 Å². The second kappa shape index (κ2) is 5.77. The summed E-state index contributed by atoms with van der Waals surface area (Å²) in [5.41, 5.74) is 1.60. The summed E-state index contributed by atoms with van der Waals surface area (Å²) >= 11 is 0. The van der Waals surface area contributed by atoms with Gasteiger partial charge in [-0.25, -0.2) is 4.98 Å². The van der Waals surface area contributed by atoms with Crippen LogP contribution in [0, 0.1) is 11.8 Å². The van der Waals surface area contributed by atoms with Crippen molar-refractivity contribution in [1.29, 1.82) is 0 Å². The minimum absolute atomic E-state index is 0.0959. The first-order chi connectivity index (χ1) is 10.9. The average molecular weight is 306 g/mol. The zero-order chi connectivity index (χ0) is 16.4. The van der Waals surface area contributed by atoms with Gasteiger partial charge < -0.3 is 9.64 Å². The molecular weight excluding hydrogens is 288 g/mol. The molecule has 1 aromatic heterocycles. The van der Waals surface area contributed by atoms with Gasteiger partial charge in [-0.1, -0.05) is 30.0 Å². The van der Waals surface area contributed by atoms with E-state index in [1.54, 1.807) is 24.2 Å². The standard InChI is InChI=1S/C19H18N2O2/c1-19(2)13-21(3)18(22)16-11-15(12-20-17(16)23-19)10-9-14-7-5-4-6-8-14/h4-8,11-12H,13H2,1-3H3. The lowest BCUT2D eigenvalue weighted by Crippen LogP contribution is -2.40. The highest BCUT2D eigenvalue weighted by Gasteiger charge is 2.32. The predicted molar refractivity (Wildman–Crippen MR) is 88.3 cm³/mol. The number of hydrogen-bond donors (Lipinski definition) is 0. The molecule has 1 aromatic carbocycles. The molecule has 0 spiro atoms. The number of fused-ring (bicyclic) bond motifs is 1. The van der Waals surface area contributed by atoms with Crippen molar-refractivity contribution in [3.8, 4) is 17.7 Å². The fourth-order valence-corrected chi connectivity index (χ4v) is 2.56. The molecule has 1 amide bonds. The number of aromatic nitrogens is 1. The minimum Gasteiger partial charge on any atom is -0.469 e. The Bertz CT molecular complexity index is 801. The van der Waals surface area contributed by atoms with Gasteiger partial charge in [-0.15, -0.1) is 0 Å². The van der Waals surface area contributed by atoms with Crippen LogP contribution < -0.4 is 4.74 Å². The van der Waals surface area contributed by atoms with Crippen molar-refractivity contribution in [2.24, 2.45) is 0 Å². The van der Waals surface area contributed by atoms with Gasteiger partial charge in [0.1, 0.15) is 11.2 Å². The van der Waals surface area contributed by atoms with Gasteiger partial charge in [0.15, 0.2) is 0 Å². The molecule has 0 radical (unpaired) electrons. The number of likely N-dealkylation sites (N-methyl/N-ethyl adjacent to an activating group) is 1. The van der Waals surface area contributed by atoms with Crippen LogP contribution in [-0.4, -0.2) is 35.0 Å². The summed E-state index contributed by atoms with van der Waals surface area (Å²) in [6.45, 7) is 4.39. The second-order valence-electron chi connectivity index (χ2n) is 6.22. The third kappa shape index (κ3) is 3.35. The van der Waals surface area contributed by atoms with Crippen LogP contribution in [0.5, 0.6) is 5.88 Å². The van der Waals surface area contributed by atoms with Crippen LogP contribution in [-0.2, 0) is 0 Å². The molecule has 0 saturated carbocycles. The van der Waals surface area contributed by atoms with Crippen molar-refractivity contribution >= 4 is 5.91 Å². The Morgan fingerprint density at radius 3 is 2.61 bits per heavy atom. The third-order valence-corrected chi connectivity index (χ3v) is 3.54. The molecule has 0 atom stereocenters. The number of hydrogen-bond acceptors (Lipinski definition) is 3. The summed E-state index contributed by atoms with van der Waals surface area (Å²) in [6.07, 6.45) is 1.64. The van der Waals surface area contributed by atoms with E-state index in [0.29, 0.717) is 23.6 Å². The zero-order valence-electron chi connectivity index (χ0n) is 13.5. The van der Waals surface area contributed by atoms with Crippen LogP contribution in [0.2, 0.25) is 0 Å². The predicted octanol–water partition coefficient (Wildman–Crippen LogP) is 2.72. The Morgan fingerprint density at radius 1 is 1.17 bits per heavy atom. The maximum Gasteiger partial charge on any atom is 0.259 e. The van der Waals surface area contributed by atoms with E-state index in [0.717, 1.165) is 5.56 Å². The van der Waals surface area contributed by atoms with Crippen LogP contribution in [0.1, 0.15) is 35.3 Å². The summed E-state index contributed by atoms with van der Waals surface area (Å²) in [5.74, 6) is 6.39. The highest BCUT2D eigenvalue weighted by atomic mass is 16.5. The lowest BCUT2D eigenvalue weighted by molar-refractivity contribution is 0.0595. The van der Waals surface area contributed by atoms with E-state index in [-0.39, 0.29) is 5.91 Å². The number of amides is 1. The molecule has 1 aliphatic heterocycles. The number of carbonyl (C=O) groups is 1. The lowest BCUT2D eigenvalue weighted by atomic mass is 10.1. The molecule has 4 heteroatoms. The molecule has 0 N–H and O–H groups in total. The maximum absolute atomic E-state index is 12.5. The topological polar surface area (TPSA) is 42.4 Å². The molecule has 2 aromatic rings. The fourth-order valence-electron chi connectivity index (χ4n) is 2.56. The molecule has 0 bridgehead atoms. The molecular formula is C19H18N2O2. The number of benzene rings is 1. The Balaban J connectivity index is 1.98. The maximum atomic E-state index is 12.5. The van der Waals surface area contributed by atoms with Crippen LogP contribution >= 0.6 is 0 Å². The van der Waals surface area contributed by atoms with E-state index in [4.69, 9.17) is 4.74 Å². The molecule has 0 saturated heterocycles. The summed E-state index contributed by atoms with van der Waals surface area (Å²) in [4.78, 5) is 18.5. The van der Waals surface area contributed by atoms with Crippen LogP contribution in [0.25, 0.3) is 0 Å². The van der Waals surface area contributed by atoms with Gasteiger partial charge >= 0.3 is 0 Å². The average Bonchev–Trinajstić information content (AvgIpc) is 2.61. The van der Waals surface area contributed by atoms with Crippen molar-refractivity contribution in [3.63, 3.8) is 0 Å². The van der Waals surface area contributed by atoms with Gasteiger partial charge in [-0.05, 0) is 32.0 Å². The Hall–Kier alpha value is -2.80. The first-order valence-electron chi connectivity index (χ1n) is 7.46. The smallest absolute Gasteiger partial charge is 0.259 e. The van der Waals surface area contributed by atoms with Gasteiger partial charge in [-0.3, -0.25) is 4.79 Å². The second-order valence-corrected chi connectivity index (χ2v) is 6.22. The van der Waals surface area contributed by atoms with E-state index in [2.05, 4.69) is 16.8 Å². The summed E-state index contributed by atoms with van der Waals surface area (Å²) in [7, 11) is 1.77. The van der Waals surface area contributed by atoms with Crippen LogP contribution in [0.15, 0.2) is 42.6 Å². The highest BCUT2D eigenvalue weighted by molar-refractivity contribution is 5.97. The number of nitrogens with zero attached hydrogens (tertiary/aromatic N) is 2. The molecule has 116 valence electrons. The molecule has 23 heavy (non-hydrogen) atoms. The number of ether oxygens (including phenoxy) is 1. The Kier molecular flexibility index (Phi) is 3.79. The Morgan fingerprint density at radius 2 is 1.87 bits per heavy atom. The number of rotatable bonds is 0. The van der Waals surface area contributed by atoms with E-state index in [1.807, 2.05) is 44.2 Å². The molecule has 3 rings (SSSR count). The summed E-state index contributed by atoms with van der Waals surface area (Å²) in [5, 5.41) is 0. The van der Waals surface area contributed by atoms with Gasteiger partial charge in [0.25, 0.3) is 5.91 Å². The number of pyridine rings is 1. The van der Waals surface area contributed by atoms with Crippen molar-refractivity contribution in [1.82, 2.24) is 9.88 Å². The monoisotopic (exact) mass is 306 g/mol. The number of carbonyl (C=O) groups excluding carboxylic acids is 1. The molecule has 0 unspecified atom stereocenters. The normalized spacial score (nSPS) is 15.8. The highest BCUT2D eigenvalue weighted by Crippen LogP contribution is 2.27. The summed E-state index contributed by atoms with van der Waals surface area (Å²) < 4.78 is 5.88. The largest absolute Gasteiger partial charge is 0.469 e. The molecule has 0 aliphatic carbocycles. The van der Waals surface area contributed by atoms with Gasteiger partial charge in [0, 0.05) is 24.4 Å². The molecule has 4 nitrogen and oxygen atoms in total. The van der Waals surface area contributed by atoms with E-state index in [9.17, 15) is 4.79 Å². The van der Waals surface area contributed by atoms with Gasteiger partial charge in [0.2, 0.25) is 5.88 Å². The molecule has 2 heterocycles. The van der Waals surface area contributed by atoms with Crippen molar-refractivity contribution < 1.29 is 9.53 Å². The SMILES string of the molecule is CN1CC(C)(C)Oc2ncc(C#Cc3ccccc3)cc2C1=O. The molecule has 1 aliphatic rings. The lowest BCUT2D eigenvalue weighted by Gasteiger charge is -2.26. The van der Waals surface area contributed by atoms with Crippen LogP contribution in [0.4, 0.5) is 0 Å². The quantitative estimate of drug-likeness (QED) is 0.703. The first-order valence-corrected chi connectivity index (χ1v) is 7.46. The zero-order valence-corrected chi connectivity index (χ0v) is 13.5. The molecule has 0 fully saturated rings. The van der Waals surface area contributed by atoms with Crippen molar-refractivity contribution in [3.05, 3.63) is 59.3 Å². The Labute approximate surface area is 136 Å². The third-order valence-electron chi connectivity index (χ3n) is 3.54. The minimum atomic E-state index is -0.472. The van der Waals surface area contributed by atoms with Crippen LogP contribution in [0.3, 0.4) is 0 Å². The van der Waals surface area contributed by atoms with Gasteiger partial charge in [0.05, 0.1) is 6.54 Å². The van der Waals surface area contributed by atoms with E-state index in [1.165, 1.54) is 0 Å².